The number of amides is 1. The van der Waals surface area contributed by atoms with Gasteiger partial charge in [0.15, 0.2) is 0 Å². The van der Waals surface area contributed by atoms with Gasteiger partial charge in [-0.2, -0.15) is 0 Å². The van der Waals surface area contributed by atoms with Crippen LogP contribution in [0.15, 0.2) is 18.2 Å². The highest BCUT2D eigenvalue weighted by Crippen LogP contribution is 2.29. The Morgan fingerprint density at radius 2 is 2.12 bits per heavy atom. The Labute approximate surface area is 103 Å². The van der Waals surface area contributed by atoms with Crippen molar-refractivity contribution in [2.75, 3.05) is 25.6 Å². The number of hydrogen-bond donors (Lipinski definition) is 1. The fourth-order valence-electron chi connectivity index (χ4n) is 0.964. The molecule has 0 radical (unpaired) electrons. The molecule has 88 valence electrons. The molecule has 0 aromatic heterocycles. The van der Waals surface area contributed by atoms with Crippen LogP contribution in [0.3, 0.4) is 0 Å². The van der Waals surface area contributed by atoms with Crippen molar-refractivity contribution >= 4 is 35.0 Å². The number of nitrogens with one attached hydrogen (secondary N) is 1. The van der Waals surface area contributed by atoms with Crippen LogP contribution in [0, 0.1) is 0 Å². The zero-order chi connectivity index (χ0) is 12.0. The van der Waals surface area contributed by atoms with Crippen LogP contribution in [0.25, 0.3) is 0 Å². The monoisotopic (exact) mass is 263 g/mol. The van der Waals surface area contributed by atoms with Gasteiger partial charge >= 0.3 is 6.09 Å². The second-order valence-corrected chi connectivity index (χ2v) is 3.64. The number of rotatable bonds is 4. The Morgan fingerprint density at radius 3 is 2.81 bits per heavy atom. The van der Waals surface area contributed by atoms with Crippen molar-refractivity contribution < 1.29 is 14.3 Å². The van der Waals surface area contributed by atoms with E-state index in [0.29, 0.717) is 17.3 Å². The van der Waals surface area contributed by atoms with Gasteiger partial charge in [-0.05, 0) is 12.1 Å². The van der Waals surface area contributed by atoms with Gasteiger partial charge < -0.3 is 9.47 Å². The van der Waals surface area contributed by atoms with E-state index >= 15 is 0 Å². The summed E-state index contributed by atoms with van der Waals surface area (Å²) in [5.74, 6) is 0. The van der Waals surface area contributed by atoms with Crippen LogP contribution in [0.2, 0.25) is 10.0 Å². The molecule has 1 aromatic carbocycles. The normalized spacial score (nSPS) is 9.94. The molecule has 0 bridgehead atoms. The quantitative estimate of drug-likeness (QED) is 0.849. The van der Waals surface area contributed by atoms with E-state index in [-0.39, 0.29) is 11.6 Å². The zero-order valence-corrected chi connectivity index (χ0v) is 10.1. The average molecular weight is 264 g/mol. The Hall–Kier alpha value is -0.970. The van der Waals surface area contributed by atoms with Crippen molar-refractivity contribution in [1.82, 2.24) is 0 Å². The van der Waals surface area contributed by atoms with Gasteiger partial charge in [-0.1, -0.05) is 29.3 Å². The molecule has 1 rings (SSSR count). The molecule has 0 saturated carbocycles. The molecule has 0 saturated heterocycles. The van der Waals surface area contributed by atoms with E-state index in [1.165, 1.54) is 7.11 Å². The first-order valence-electron chi connectivity index (χ1n) is 4.52. The molecule has 1 amide bonds. The maximum absolute atomic E-state index is 11.3. The van der Waals surface area contributed by atoms with Crippen LogP contribution in [0.4, 0.5) is 10.5 Å². The molecule has 4 nitrogen and oxygen atoms in total. The van der Waals surface area contributed by atoms with Crippen molar-refractivity contribution in [1.29, 1.82) is 0 Å². The van der Waals surface area contributed by atoms with Crippen LogP contribution in [-0.2, 0) is 9.47 Å². The second-order valence-electron chi connectivity index (χ2n) is 2.86. The molecule has 0 heterocycles. The van der Waals surface area contributed by atoms with E-state index in [1.54, 1.807) is 18.2 Å². The van der Waals surface area contributed by atoms with E-state index in [2.05, 4.69) is 5.32 Å². The first kappa shape index (κ1) is 13.1. The predicted molar refractivity (Wildman–Crippen MR) is 63.3 cm³/mol. The van der Waals surface area contributed by atoms with E-state index in [1.807, 2.05) is 0 Å². The van der Waals surface area contributed by atoms with Crippen LogP contribution in [0.5, 0.6) is 0 Å². The van der Waals surface area contributed by atoms with Gasteiger partial charge in [0.25, 0.3) is 0 Å². The molecule has 0 atom stereocenters. The standard InChI is InChI=1S/C10H11Cl2NO3/c1-15-5-6-16-10(14)13-8-4-2-3-7(11)9(8)12/h2-4H,5-6H2,1H3,(H,13,14). The summed E-state index contributed by atoms with van der Waals surface area (Å²) in [5, 5.41) is 3.13. The molecular formula is C10H11Cl2NO3. The number of ether oxygens (including phenoxy) is 2. The summed E-state index contributed by atoms with van der Waals surface area (Å²) in [6.07, 6.45) is -0.596. The fraction of sp³-hybridized carbons (Fsp3) is 0.300. The fourth-order valence-corrected chi connectivity index (χ4v) is 1.31. The number of anilines is 1. The lowest BCUT2D eigenvalue weighted by atomic mass is 10.3. The molecule has 0 aliphatic carbocycles. The van der Waals surface area contributed by atoms with Gasteiger partial charge in [-0.3, -0.25) is 5.32 Å². The minimum atomic E-state index is -0.596. The number of hydrogen-bond acceptors (Lipinski definition) is 3. The van der Waals surface area contributed by atoms with Crippen LogP contribution in [-0.4, -0.2) is 26.4 Å². The summed E-state index contributed by atoms with van der Waals surface area (Å²) in [6, 6.07) is 4.94. The third-order valence-electron chi connectivity index (χ3n) is 1.71. The molecule has 0 aliphatic heterocycles. The summed E-state index contributed by atoms with van der Waals surface area (Å²) in [5.41, 5.74) is 0.414. The zero-order valence-electron chi connectivity index (χ0n) is 8.63. The third-order valence-corrected chi connectivity index (χ3v) is 2.53. The Balaban J connectivity index is 2.53. The maximum Gasteiger partial charge on any atom is 0.411 e. The number of carbonyl (C=O) groups is 1. The third kappa shape index (κ3) is 3.89. The molecule has 0 aliphatic rings. The summed E-state index contributed by atoms with van der Waals surface area (Å²) in [4.78, 5) is 11.3. The van der Waals surface area contributed by atoms with Gasteiger partial charge in [0.1, 0.15) is 6.61 Å². The van der Waals surface area contributed by atoms with Gasteiger partial charge in [0, 0.05) is 7.11 Å². The Bertz CT molecular complexity index is 371. The predicted octanol–water partition coefficient (Wildman–Crippen LogP) is 3.19. The maximum atomic E-state index is 11.3. The van der Waals surface area contributed by atoms with Crippen molar-refractivity contribution in [3.05, 3.63) is 28.2 Å². The topological polar surface area (TPSA) is 47.6 Å². The Morgan fingerprint density at radius 1 is 1.38 bits per heavy atom. The van der Waals surface area contributed by atoms with E-state index in [9.17, 15) is 4.79 Å². The minimum Gasteiger partial charge on any atom is -0.447 e. The Kier molecular flexibility index (Phi) is 5.38. The van der Waals surface area contributed by atoms with Crippen LogP contribution >= 0.6 is 23.2 Å². The minimum absolute atomic E-state index is 0.181. The molecule has 6 heteroatoms. The molecular weight excluding hydrogens is 253 g/mol. The highest BCUT2D eigenvalue weighted by Gasteiger charge is 2.08. The summed E-state index contributed by atoms with van der Waals surface area (Å²) in [7, 11) is 1.52. The number of carbonyl (C=O) groups excluding carboxylic acids is 1. The number of benzene rings is 1. The van der Waals surface area contributed by atoms with Gasteiger partial charge in [0.05, 0.1) is 22.3 Å². The number of halogens is 2. The first-order valence-corrected chi connectivity index (χ1v) is 5.27. The van der Waals surface area contributed by atoms with E-state index in [4.69, 9.17) is 32.7 Å². The highest BCUT2D eigenvalue weighted by molar-refractivity contribution is 6.43. The van der Waals surface area contributed by atoms with Crippen LogP contribution < -0.4 is 5.32 Å². The van der Waals surface area contributed by atoms with Crippen molar-refractivity contribution in [3.63, 3.8) is 0 Å². The molecule has 1 aromatic rings. The summed E-state index contributed by atoms with van der Waals surface area (Å²) in [6.45, 7) is 0.525. The van der Waals surface area contributed by atoms with Crippen molar-refractivity contribution in [2.45, 2.75) is 0 Å². The summed E-state index contributed by atoms with van der Waals surface area (Å²) < 4.78 is 9.54. The smallest absolute Gasteiger partial charge is 0.411 e. The lowest BCUT2D eigenvalue weighted by Crippen LogP contribution is -2.16. The van der Waals surface area contributed by atoms with Gasteiger partial charge in [-0.25, -0.2) is 4.79 Å². The van der Waals surface area contributed by atoms with Gasteiger partial charge in [-0.15, -0.1) is 0 Å². The number of methoxy groups -OCH3 is 1. The largest absolute Gasteiger partial charge is 0.447 e. The van der Waals surface area contributed by atoms with Crippen molar-refractivity contribution in [3.8, 4) is 0 Å². The summed E-state index contributed by atoms with van der Waals surface area (Å²) >= 11 is 11.7. The average Bonchev–Trinajstić information content (AvgIpc) is 2.25. The second kappa shape index (κ2) is 6.58. The molecule has 0 fully saturated rings. The highest BCUT2D eigenvalue weighted by atomic mass is 35.5. The van der Waals surface area contributed by atoms with E-state index in [0.717, 1.165) is 0 Å². The first-order chi connectivity index (χ1) is 7.65. The lowest BCUT2D eigenvalue weighted by Gasteiger charge is -2.08. The van der Waals surface area contributed by atoms with E-state index < -0.39 is 6.09 Å². The molecule has 0 spiro atoms. The molecule has 1 N–H and O–H groups in total. The van der Waals surface area contributed by atoms with Gasteiger partial charge in [0.2, 0.25) is 0 Å². The van der Waals surface area contributed by atoms with Crippen molar-refractivity contribution in [2.24, 2.45) is 0 Å². The molecule has 16 heavy (non-hydrogen) atoms. The SMILES string of the molecule is COCCOC(=O)Nc1cccc(Cl)c1Cl. The molecule has 0 unspecified atom stereocenters. The lowest BCUT2D eigenvalue weighted by molar-refractivity contribution is 0.107. The van der Waals surface area contributed by atoms with Crippen LogP contribution in [0.1, 0.15) is 0 Å².